The van der Waals surface area contributed by atoms with Gasteiger partial charge in [0.2, 0.25) is 12.8 Å². The Bertz CT molecular complexity index is 200. The van der Waals surface area contributed by atoms with Crippen LogP contribution in [-0.4, -0.2) is 20.2 Å². The van der Waals surface area contributed by atoms with Crippen LogP contribution in [0.1, 0.15) is 0 Å². The minimum atomic E-state index is 1.26. The first-order valence-electron chi connectivity index (χ1n) is 2.89. The van der Waals surface area contributed by atoms with Gasteiger partial charge in [0.25, 0.3) is 0 Å². The Morgan fingerprint density at radius 2 is 1.55 bits per heavy atom. The van der Waals surface area contributed by atoms with Crippen molar-refractivity contribution in [2.45, 2.75) is 0 Å². The summed E-state index contributed by atoms with van der Waals surface area (Å²) in [5.41, 5.74) is 0. The van der Waals surface area contributed by atoms with E-state index in [1.54, 1.807) is 18.5 Å². The first-order valence-corrected chi connectivity index (χ1v) is 2.89. The summed E-state index contributed by atoms with van der Waals surface area (Å²) in [6.07, 6.45) is 7.40. The zero-order valence-electron chi connectivity index (χ0n) is 5.66. The first kappa shape index (κ1) is 7.33. The molecule has 0 unspecified atom stereocenters. The molecule has 0 saturated carbocycles. The number of aromatic nitrogens is 4. The van der Waals surface area contributed by atoms with E-state index in [2.05, 4.69) is 24.6 Å². The van der Waals surface area contributed by atoms with Gasteiger partial charge in [0.05, 0.1) is 0 Å². The number of hydrogen-bond acceptors (Lipinski definition) is 5. The third-order valence-electron chi connectivity index (χ3n) is 0.760. The lowest BCUT2D eigenvalue weighted by Crippen LogP contribution is -1.66. The molecule has 5 nitrogen and oxygen atoms in total. The van der Waals surface area contributed by atoms with Crippen molar-refractivity contribution in [3.8, 4) is 0 Å². The number of nitrogens with zero attached hydrogens (tertiary/aromatic N) is 4. The second-order valence-electron chi connectivity index (χ2n) is 1.48. The molecule has 0 atom stereocenters. The van der Waals surface area contributed by atoms with Crippen LogP contribution in [0.5, 0.6) is 0 Å². The molecule has 11 heavy (non-hydrogen) atoms. The van der Waals surface area contributed by atoms with Crippen molar-refractivity contribution in [3.05, 3.63) is 37.6 Å². The van der Waals surface area contributed by atoms with Gasteiger partial charge in [-0.05, 0) is 6.07 Å². The lowest BCUT2D eigenvalue weighted by molar-refractivity contribution is 0.553. The number of hydrogen-bond donors (Lipinski definition) is 0. The molecule has 0 aromatic carbocycles. The van der Waals surface area contributed by atoms with Crippen LogP contribution >= 0.6 is 0 Å². The maximum Gasteiger partial charge on any atom is 0.203 e. The van der Waals surface area contributed by atoms with Crippen molar-refractivity contribution in [1.82, 2.24) is 20.2 Å². The molecule has 5 heteroatoms. The maximum absolute atomic E-state index is 4.36. The average Bonchev–Trinajstić information content (AvgIpc) is 2.64. The molecule has 0 amide bonds. The average molecular weight is 150 g/mol. The van der Waals surface area contributed by atoms with Crippen molar-refractivity contribution in [3.63, 3.8) is 0 Å². The second-order valence-corrected chi connectivity index (χ2v) is 1.48. The van der Waals surface area contributed by atoms with Crippen LogP contribution in [0.2, 0.25) is 0 Å². The Labute approximate surface area is 63.1 Å². The highest BCUT2D eigenvalue weighted by Crippen LogP contribution is 1.66. The van der Waals surface area contributed by atoms with Gasteiger partial charge in [-0.1, -0.05) is 0 Å². The molecule has 0 N–H and O–H groups in total. The summed E-state index contributed by atoms with van der Waals surface area (Å²) in [5, 5.41) is 6.61. The van der Waals surface area contributed by atoms with Gasteiger partial charge in [-0.25, -0.2) is 9.97 Å². The van der Waals surface area contributed by atoms with Crippen molar-refractivity contribution in [2.75, 3.05) is 0 Å². The molecular formula is C6H6N4O. The highest BCUT2D eigenvalue weighted by molar-refractivity contribution is 4.74. The zero-order chi connectivity index (χ0) is 7.78. The smallest absolute Gasteiger partial charge is 0.203 e. The Morgan fingerprint density at radius 3 is 1.73 bits per heavy atom. The summed E-state index contributed by atoms with van der Waals surface area (Å²) in [7, 11) is 0. The van der Waals surface area contributed by atoms with Crippen LogP contribution in [0.3, 0.4) is 0 Å². The molecule has 2 aromatic rings. The molecule has 56 valence electrons. The standard InChI is InChI=1S/C4H4N2.C2H2N2O/c1-2-5-4-6-3-1;1-3-4-2-5-1/h1-4H;1-2H. The van der Waals surface area contributed by atoms with Crippen LogP contribution in [-0.2, 0) is 0 Å². The van der Waals surface area contributed by atoms with Crippen molar-refractivity contribution < 1.29 is 4.42 Å². The number of rotatable bonds is 0. The minimum Gasteiger partial charge on any atom is -0.431 e. The van der Waals surface area contributed by atoms with Gasteiger partial charge in [-0.15, -0.1) is 10.2 Å². The largest absolute Gasteiger partial charge is 0.431 e. The molecular weight excluding hydrogens is 144 g/mol. The van der Waals surface area contributed by atoms with Gasteiger partial charge in [-0.2, -0.15) is 0 Å². The van der Waals surface area contributed by atoms with E-state index in [1.165, 1.54) is 19.1 Å². The molecule has 0 saturated heterocycles. The molecule has 0 spiro atoms. The normalized spacial score (nSPS) is 8.00. The van der Waals surface area contributed by atoms with Crippen molar-refractivity contribution in [2.24, 2.45) is 0 Å². The summed E-state index contributed by atoms with van der Waals surface area (Å²) in [5.74, 6) is 0. The van der Waals surface area contributed by atoms with E-state index in [9.17, 15) is 0 Å². The van der Waals surface area contributed by atoms with E-state index >= 15 is 0 Å². The topological polar surface area (TPSA) is 64.7 Å². The lowest BCUT2D eigenvalue weighted by Gasteiger charge is -1.70. The summed E-state index contributed by atoms with van der Waals surface area (Å²) in [6.45, 7) is 0. The Kier molecular flexibility index (Phi) is 3.36. The highest BCUT2D eigenvalue weighted by Gasteiger charge is 1.60. The molecule has 0 bridgehead atoms. The maximum atomic E-state index is 4.36. The SMILES string of the molecule is c1cncnc1.c1nnco1. The summed E-state index contributed by atoms with van der Waals surface area (Å²) in [4.78, 5) is 7.35. The second kappa shape index (κ2) is 5.04. The van der Waals surface area contributed by atoms with Gasteiger partial charge < -0.3 is 4.42 Å². The van der Waals surface area contributed by atoms with Crippen molar-refractivity contribution in [1.29, 1.82) is 0 Å². The van der Waals surface area contributed by atoms with E-state index in [0.29, 0.717) is 0 Å². The molecule has 0 radical (unpaired) electrons. The molecule has 0 fully saturated rings. The quantitative estimate of drug-likeness (QED) is 0.548. The van der Waals surface area contributed by atoms with Gasteiger partial charge in [-0.3, -0.25) is 0 Å². The molecule has 0 aliphatic heterocycles. The Morgan fingerprint density at radius 1 is 0.909 bits per heavy atom. The third kappa shape index (κ3) is 3.74. The van der Waals surface area contributed by atoms with Crippen molar-refractivity contribution >= 4 is 0 Å². The van der Waals surface area contributed by atoms with Crippen LogP contribution in [0.25, 0.3) is 0 Å². The van der Waals surface area contributed by atoms with Crippen LogP contribution in [0.15, 0.2) is 42.0 Å². The van der Waals surface area contributed by atoms with Gasteiger partial charge >= 0.3 is 0 Å². The van der Waals surface area contributed by atoms with Crippen LogP contribution in [0.4, 0.5) is 0 Å². The summed E-state index contributed by atoms with van der Waals surface area (Å²) >= 11 is 0. The minimum absolute atomic E-state index is 1.26. The zero-order valence-corrected chi connectivity index (χ0v) is 5.66. The Hall–Kier alpha value is -1.78. The predicted molar refractivity (Wildman–Crippen MR) is 36.3 cm³/mol. The molecule has 2 heterocycles. The molecule has 0 aliphatic carbocycles. The van der Waals surface area contributed by atoms with E-state index in [4.69, 9.17) is 0 Å². The fraction of sp³-hybridized carbons (Fsp3) is 0. The summed E-state index contributed by atoms with van der Waals surface area (Å²) in [6, 6.07) is 1.78. The lowest BCUT2D eigenvalue weighted by atomic mass is 10.7. The third-order valence-corrected chi connectivity index (χ3v) is 0.760. The van der Waals surface area contributed by atoms with Crippen LogP contribution < -0.4 is 0 Å². The fourth-order valence-corrected chi connectivity index (χ4v) is 0.389. The summed E-state index contributed by atoms with van der Waals surface area (Å²) < 4.78 is 4.36. The van der Waals surface area contributed by atoms with Gasteiger partial charge in [0.15, 0.2) is 0 Å². The first-order chi connectivity index (χ1) is 5.50. The van der Waals surface area contributed by atoms with Crippen LogP contribution in [0, 0.1) is 0 Å². The Balaban J connectivity index is 0.000000112. The van der Waals surface area contributed by atoms with Gasteiger partial charge in [0.1, 0.15) is 6.33 Å². The van der Waals surface area contributed by atoms with Gasteiger partial charge in [0, 0.05) is 12.4 Å². The predicted octanol–water partition coefficient (Wildman–Crippen LogP) is 0.546. The monoisotopic (exact) mass is 150 g/mol. The van der Waals surface area contributed by atoms with E-state index < -0.39 is 0 Å². The molecule has 2 rings (SSSR count). The molecule has 0 aliphatic rings. The van der Waals surface area contributed by atoms with E-state index in [0.717, 1.165) is 0 Å². The van der Waals surface area contributed by atoms with E-state index in [-0.39, 0.29) is 0 Å². The van der Waals surface area contributed by atoms with E-state index in [1.807, 2.05) is 0 Å². The molecule has 2 aromatic heterocycles. The fourth-order valence-electron chi connectivity index (χ4n) is 0.389. The highest BCUT2D eigenvalue weighted by atomic mass is 16.3.